The Morgan fingerprint density at radius 2 is 2.03 bits per heavy atom. The summed E-state index contributed by atoms with van der Waals surface area (Å²) in [6.07, 6.45) is 7.64. The molecule has 9 nitrogen and oxygen atoms in total. The summed E-state index contributed by atoms with van der Waals surface area (Å²) in [6.45, 7) is 5.21. The first-order valence-corrected chi connectivity index (χ1v) is 11.6. The van der Waals surface area contributed by atoms with E-state index in [-0.39, 0.29) is 28.2 Å². The average Bonchev–Trinajstić information content (AvgIpc) is 3.11. The third kappa shape index (κ3) is 7.07. The Kier molecular flexibility index (Phi) is 10.1. The minimum atomic E-state index is -0.628. The molecule has 2 rings (SSSR count). The lowest BCUT2D eigenvalue weighted by atomic mass is 10.2. The van der Waals surface area contributed by atoms with E-state index < -0.39 is 5.91 Å². The van der Waals surface area contributed by atoms with E-state index in [9.17, 15) is 19.6 Å². The molecule has 0 aliphatic carbocycles. The number of nitriles is 1. The molecule has 0 aliphatic rings. The van der Waals surface area contributed by atoms with Crippen LogP contribution >= 0.6 is 11.3 Å². The van der Waals surface area contributed by atoms with Gasteiger partial charge in [0.05, 0.1) is 13.1 Å². The van der Waals surface area contributed by atoms with Gasteiger partial charge in [-0.05, 0) is 45.1 Å². The Labute approximate surface area is 202 Å². The van der Waals surface area contributed by atoms with Crippen LogP contribution in [0.15, 0.2) is 29.1 Å². The summed E-state index contributed by atoms with van der Waals surface area (Å²) in [5.41, 5.74) is 0.789. The van der Waals surface area contributed by atoms with Crippen LogP contribution in [0.3, 0.4) is 0 Å². The standard InChI is InChI=1S/C24H28N6O3S/c1-5-11-26-22(32)19(14-25)24-30(7-3)23(33)20(34-24)15-27-17-9-8-10-18(13-17)28-21(31)16-29(4)12-6-2/h1,8-10,13,15,27H,6-7,11-12,16H2,2-4H3,(H,26,32)(H,28,31)/b20-15+,24-19-. The van der Waals surface area contributed by atoms with Gasteiger partial charge >= 0.3 is 0 Å². The fraction of sp³-hybridized carbons (Fsp3) is 0.333. The van der Waals surface area contributed by atoms with Crippen molar-refractivity contribution in [2.24, 2.45) is 0 Å². The molecule has 0 aliphatic heterocycles. The molecule has 3 N–H and O–H groups in total. The van der Waals surface area contributed by atoms with Gasteiger partial charge in [0.15, 0.2) is 5.57 Å². The highest BCUT2D eigenvalue weighted by molar-refractivity contribution is 7.07. The summed E-state index contributed by atoms with van der Waals surface area (Å²) in [5.74, 6) is 1.53. The van der Waals surface area contributed by atoms with E-state index in [1.54, 1.807) is 31.2 Å². The molecular formula is C24H28N6O3S. The summed E-state index contributed by atoms with van der Waals surface area (Å²) in [7, 11) is 1.89. The van der Waals surface area contributed by atoms with Gasteiger partial charge in [-0.25, -0.2) is 0 Å². The molecule has 10 heteroatoms. The highest BCUT2D eigenvalue weighted by Crippen LogP contribution is 2.15. The molecule has 0 saturated carbocycles. The summed E-state index contributed by atoms with van der Waals surface area (Å²) >= 11 is 1.04. The molecule has 34 heavy (non-hydrogen) atoms. The third-order valence-corrected chi connectivity index (χ3v) is 5.79. The number of terminal acetylenes is 1. The number of aromatic nitrogens is 1. The monoisotopic (exact) mass is 480 g/mol. The van der Waals surface area contributed by atoms with Crippen molar-refractivity contribution in [1.29, 1.82) is 5.26 Å². The molecule has 178 valence electrons. The quantitative estimate of drug-likeness (QED) is 0.426. The van der Waals surface area contributed by atoms with Crippen LogP contribution in [0.2, 0.25) is 0 Å². The van der Waals surface area contributed by atoms with Crippen LogP contribution in [0.25, 0.3) is 11.8 Å². The largest absolute Gasteiger partial charge is 0.360 e. The number of thiazole rings is 1. The van der Waals surface area contributed by atoms with E-state index in [1.807, 2.05) is 18.0 Å². The summed E-state index contributed by atoms with van der Waals surface area (Å²) in [6, 6.07) is 8.97. The highest BCUT2D eigenvalue weighted by Gasteiger charge is 2.14. The number of hydrogen-bond donors (Lipinski definition) is 3. The van der Waals surface area contributed by atoms with Gasteiger partial charge in [-0.2, -0.15) is 5.26 Å². The van der Waals surface area contributed by atoms with Crippen molar-refractivity contribution >= 4 is 46.3 Å². The second-order valence-electron chi connectivity index (χ2n) is 7.35. The number of likely N-dealkylation sites (N-methyl/N-ethyl adjacent to an activating group) is 1. The Hall–Kier alpha value is -3.86. The van der Waals surface area contributed by atoms with Crippen molar-refractivity contribution in [2.75, 3.05) is 37.3 Å². The van der Waals surface area contributed by atoms with Crippen molar-refractivity contribution in [1.82, 2.24) is 14.8 Å². The number of anilines is 2. The molecule has 2 amide bonds. The maximum Gasteiger partial charge on any atom is 0.270 e. The van der Waals surface area contributed by atoms with Crippen molar-refractivity contribution in [3.05, 3.63) is 43.8 Å². The number of benzene rings is 1. The third-order valence-electron chi connectivity index (χ3n) is 4.66. The number of nitrogens with one attached hydrogen (secondary N) is 3. The van der Waals surface area contributed by atoms with E-state index >= 15 is 0 Å². The Balaban J connectivity index is 2.31. The summed E-state index contributed by atoms with van der Waals surface area (Å²) < 4.78 is 1.95. The number of rotatable bonds is 10. The lowest BCUT2D eigenvalue weighted by Crippen LogP contribution is -2.34. The zero-order chi connectivity index (χ0) is 25.1. The minimum Gasteiger partial charge on any atom is -0.360 e. The van der Waals surface area contributed by atoms with Gasteiger partial charge in [0.2, 0.25) is 5.91 Å². The Morgan fingerprint density at radius 1 is 1.29 bits per heavy atom. The van der Waals surface area contributed by atoms with Crippen LogP contribution < -0.4 is 30.7 Å². The number of nitrogens with zero attached hydrogens (tertiary/aromatic N) is 3. The predicted molar refractivity (Wildman–Crippen MR) is 135 cm³/mol. The average molecular weight is 481 g/mol. The van der Waals surface area contributed by atoms with Gasteiger partial charge in [0.1, 0.15) is 15.3 Å². The molecular weight excluding hydrogens is 452 g/mol. The van der Waals surface area contributed by atoms with Crippen molar-refractivity contribution < 1.29 is 9.59 Å². The molecule has 0 radical (unpaired) electrons. The SMILES string of the molecule is C#CCNC(=O)/C(C#N)=c1\s/c(=C/Nc2cccc(NC(=O)CN(C)CCC)c2)c(=O)n1CC. The molecule has 1 aromatic heterocycles. The van der Waals surface area contributed by atoms with Crippen molar-refractivity contribution in [3.8, 4) is 18.4 Å². The van der Waals surface area contributed by atoms with Gasteiger partial charge in [-0.3, -0.25) is 23.9 Å². The summed E-state index contributed by atoms with van der Waals surface area (Å²) in [5, 5.41) is 17.9. The van der Waals surface area contributed by atoms with Crippen LogP contribution in [0.1, 0.15) is 20.3 Å². The fourth-order valence-corrected chi connectivity index (χ4v) is 4.24. The number of hydrogen-bond acceptors (Lipinski definition) is 7. The molecule has 0 spiro atoms. The zero-order valence-electron chi connectivity index (χ0n) is 19.5. The number of amides is 2. The Morgan fingerprint density at radius 3 is 2.68 bits per heavy atom. The van der Waals surface area contributed by atoms with Gasteiger partial charge in [0, 0.05) is 24.1 Å². The maximum atomic E-state index is 12.8. The number of carbonyl (C=O) groups is 2. The topological polar surface area (TPSA) is 119 Å². The van der Waals surface area contributed by atoms with Gasteiger partial charge in [-0.1, -0.05) is 18.9 Å². The predicted octanol–water partition coefficient (Wildman–Crippen LogP) is 0.484. The van der Waals surface area contributed by atoms with Crippen LogP contribution in [0, 0.1) is 23.7 Å². The fourth-order valence-electron chi connectivity index (χ4n) is 3.15. The van der Waals surface area contributed by atoms with Crippen LogP contribution in [0.4, 0.5) is 11.4 Å². The molecule has 1 aromatic carbocycles. The number of carbonyl (C=O) groups excluding carboxylic acids is 2. The van der Waals surface area contributed by atoms with E-state index in [1.165, 1.54) is 10.8 Å². The lowest BCUT2D eigenvalue weighted by Gasteiger charge is -2.15. The molecule has 2 aromatic rings. The molecule has 0 unspecified atom stereocenters. The highest BCUT2D eigenvalue weighted by atomic mass is 32.1. The molecule has 0 bridgehead atoms. The van der Waals surface area contributed by atoms with Crippen LogP contribution in [0.5, 0.6) is 0 Å². The first-order chi connectivity index (χ1) is 16.3. The second-order valence-corrected chi connectivity index (χ2v) is 8.38. The summed E-state index contributed by atoms with van der Waals surface area (Å²) in [4.78, 5) is 39.3. The van der Waals surface area contributed by atoms with E-state index in [4.69, 9.17) is 6.42 Å². The van der Waals surface area contributed by atoms with Crippen molar-refractivity contribution in [3.63, 3.8) is 0 Å². The van der Waals surface area contributed by atoms with E-state index in [0.29, 0.717) is 29.0 Å². The molecule has 0 atom stereocenters. The van der Waals surface area contributed by atoms with Gasteiger partial charge in [-0.15, -0.1) is 17.8 Å². The first-order valence-electron chi connectivity index (χ1n) is 10.7. The zero-order valence-corrected chi connectivity index (χ0v) is 20.3. The van der Waals surface area contributed by atoms with Crippen molar-refractivity contribution in [2.45, 2.75) is 26.8 Å². The van der Waals surface area contributed by atoms with Crippen LogP contribution in [-0.4, -0.2) is 48.0 Å². The normalized spacial score (nSPS) is 12.0. The van der Waals surface area contributed by atoms with Gasteiger partial charge < -0.3 is 16.0 Å². The van der Waals surface area contributed by atoms with E-state index in [0.717, 1.165) is 24.3 Å². The maximum absolute atomic E-state index is 12.8. The van der Waals surface area contributed by atoms with Gasteiger partial charge in [0.25, 0.3) is 11.5 Å². The Bertz CT molecular complexity index is 1300. The second kappa shape index (κ2) is 13.0. The van der Waals surface area contributed by atoms with Crippen LogP contribution in [-0.2, 0) is 16.1 Å². The minimum absolute atomic E-state index is 0.0198. The molecule has 1 heterocycles. The lowest BCUT2D eigenvalue weighted by molar-refractivity contribution is -0.117. The molecule has 0 saturated heterocycles. The van der Waals surface area contributed by atoms with E-state index in [2.05, 4.69) is 28.8 Å². The first kappa shape index (κ1) is 26.4. The smallest absolute Gasteiger partial charge is 0.270 e. The molecule has 0 fully saturated rings.